The number of guanidine groups is 1. The van der Waals surface area contributed by atoms with E-state index in [1.165, 1.54) is 18.6 Å². The minimum absolute atomic E-state index is 0.167. The highest BCUT2D eigenvalue weighted by atomic mass is 32.2. The van der Waals surface area contributed by atoms with Gasteiger partial charge in [0.1, 0.15) is 0 Å². The van der Waals surface area contributed by atoms with Gasteiger partial charge in [0.15, 0.2) is 17.5 Å². The second kappa shape index (κ2) is 9.06. The van der Waals surface area contributed by atoms with Gasteiger partial charge >= 0.3 is 0 Å². The van der Waals surface area contributed by atoms with Gasteiger partial charge in [-0.3, -0.25) is 0 Å². The van der Waals surface area contributed by atoms with Gasteiger partial charge in [0.25, 0.3) is 0 Å². The molecule has 134 valence electrons. The van der Waals surface area contributed by atoms with Gasteiger partial charge in [0.05, 0.1) is 13.2 Å². The summed E-state index contributed by atoms with van der Waals surface area (Å²) in [5, 5.41) is 16.5. The molecule has 2 rings (SSSR count). The number of rotatable bonds is 7. The van der Waals surface area contributed by atoms with E-state index in [1.807, 2.05) is 30.8 Å². The van der Waals surface area contributed by atoms with Crippen LogP contribution in [-0.2, 0) is 6.54 Å². The molecule has 1 aromatic carbocycles. The number of aromatic hydroxyl groups is 1. The fraction of sp³-hybridized carbons (Fsp3) is 0.611. The number of phenolic OH excluding ortho intramolecular Hbond substituents is 1. The van der Waals surface area contributed by atoms with Gasteiger partial charge in [0, 0.05) is 17.8 Å². The van der Waals surface area contributed by atoms with Crippen molar-refractivity contribution in [3.8, 4) is 11.5 Å². The highest BCUT2D eigenvalue weighted by molar-refractivity contribution is 8.00. The summed E-state index contributed by atoms with van der Waals surface area (Å²) >= 11 is 2.04. The maximum absolute atomic E-state index is 9.77. The van der Waals surface area contributed by atoms with Crippen LogP contribution in [0.15, 0.2) is 23.2 Å². The number of thioether (sulfide) groups is 1. The minimum atomic E-state index is 0.167. The Morgan fingerprint density at radius 1 is 1.38 bits per heavy atom. The van der Waals surface area contributed by atoms with Gasteiger partial charge in [-0.1, -0.05) is 6.07 Å². The zero-order valence-electron chi connectivity index (χ0n) is 14.9. The van der Waals surface area contributed by atoms with Gasteiger partial charge in [-0.15, -0.1) is 0 Å². The van der Waals surface area contributed by atoms with E-state index in [0.29, 0.717) is 23.6 Å². The van der Waals surface area contributed by atoms with Crippen molar-refractivity contribution < 1.29 is 9.84 Å². The van der Waals surface area contributed by atoms with E-state index >= 15 is 0 Å². The quantitative estimate of drug-likeness (QED) is 0.520. The van der Waals surface area contributed by atoms with Crippen molar-refractivity contribution in [2.24, 2.45) is 4.99 Å². The van der Waals surface area contributed by atoms with Crippen LogP contribution in [0.4, 0.5) is 0 Å². The second-order valence-electron chi connectivity index (χ2n) is 6.19. The van der Waals surface area contributed by atoms with Gasteiger partial charge < -0.3 is 20.5 Å². The highest BCUT2D eigenvalue weighted by Crippen LogP contribution is 2.36. The summed E-state index contributed by atoms with van der Waals surface area (Å²) in [7, 11) is 0. The summed E-state index contributed by atoms with van der Waals surface area (Å²) in [6.07, 6.45) is 2.55. The largest absolute Gasteiger partial charge is 0.504 e. The van der Waals surface area contributed by atoms with Crippen LogP contribution in [0.25, 0.3) is 0 Å². The molecule has 5 nitrogen and oxygen atoms in total. The summed E-state index contributed by atoms with van der Waals surface area (Å²) in [6.45, 7) is 9.10. The Morgan fingerprint density at radius 2 is 2.21 bits per heavy atom. The molecular formula is C18H29N3O2S. The zero-order valence-corrected chi connectivity index (χ0v) is 15.7. The van der Waals surface area contributed by atoms with Crippen molar-refractivity contribution >= 4 is 17.7 Å². The molecule has 1 aromatic rings. The molecular weight excluding hydrogens is 322 g/mol. The van der Waals surface area contributed by atoms with E-state index in [9.17, 15) is 5.11 Å². The lowest BCUT2D eigenvalue weighted by Gasteiger charge is -2.24. The molecule has 0 amide bonds. The van der Waals surface area contributed by atoms with E-state index in [1.54, 1.807) is 6.07 Å². The van der Waals surface area contributed by atoms with Crippen LogP contribution in [-0.4, -0.2) is 41.3 Å². The lowest BCUT2D eigenvalue weighted by atomic mass is 10.1. The van der Waals surface area contributed by atoms with Crippen LogP contribution in [0.2, 0.25) is 0 Å². The Bertz CT molecular complexity index is 557. The molecule has 0 aliphatic carbocycles. The Morgan fingerprint density at radius 3 is 2.88 bits per heavy atom. The lowest BCUT2D eigenvalue weighted by Crippen LogP contribution is -2.43. The Hall–Kier alpha value is -1.56. The summed E-state index contributed by atoms with van der Waals surface area (Å²) in [5.41, 5.74) is 1.01. The summed E-state index contributed by atoms with van der Waals surface area (Å²) in [4.78, 5) is 4.65. The first-order chi connectivity index (χ1) is 11.6. The van der Waals surface area contributed by atoms with Gasteiger partial charge in [-0.05, 0) is 57.1 Å². The number of hydrogen-bond acceptors (Lipinski definition) is 4. The molecule has 1 atom stereocenters. The van der Waals surface area contributed by atoms with E-state index in [-0.39, 0.29) is 5.75 Å². The van der Waals surface area contributed by atoms with Crippen molar-refractivity contribution in [1.82, 2.24) is 10.6 Å². The SMILES string of the molecule is CCNC(=NCc1ccc(O)c(OCC)c1)NCC1(C)CCCS1. The standard InChI is InChI=1S/C18H29N3O2S/c1-4-19-17(21-13-18(3)9-6-10-24-18)20-12-14-7-8-15(22)16(11-14)23-5-2/h7-8,11,22H,4-6,9-10,12-13H2,1-3H3,(H2,19,20,21). The fourth-order valence-electron chi connectivity index (χ4n) is 2.69. The van der Waals surface area contributed by atoms with Crippen molar-refractivity contribution in [3.05, 3.63) is 23.8 Å². The van der Waals surface area contributed by atoms with Gasteiger partial charge in [-0.2, -0.15) is 11.8 Å². The predicted molar refractivity (Wildman–Crippen MR) is 102 cm³/mol. The minimum Gasteiger partial charge on any atom is -0.504 e. The topological polar surface area (TPSA) is 65.9 Å². The first-order valence-electron chi connectivity index (χ1n) is 8.67. The summed E-state index contributed by atoms with van der Waals surface area (Å²) < 4.78 is 5.73. The molecule has 24 heavy (non-hydrogen) atoms. The van der Waals surface area contributed by atoms with Crippen LogP contribution < -0.4 is 15.4 Å². The van der Waals surface area contributed by atoms with Crippen molar-refractivity contribution in [2.75, 3.05) is 25.4 Å². The molecule has 0 spiro atoms. The van der Waals surface area contributed by atoms with Crippen LogP contribution in [0.5, 0.6) is 11.5 Å². The number of phenols is 1. The highest BCUT2D eigenvalue weighted by Gasteiger charge is 2.29. The molecule has 6 heteroatoms. The van der Waals surface area contributed by atoms with Crippen LogP contribution in [0.1, 0.15) is 39.2 Å². The number of ether oxygens (including phenoxy) is 1. The number of hydrogen-bond donors (Lipinski definition) is 3. The van der Waals surface area contributed by atoms with Crippen molar-refractivity contribution in [1.29, 1.82) is 0 Å². The first-order valence-corrected chi connectivity index (χ1v) is 9.65. The fourth-order valence-corrected chi connectivity index (χ4v) is 3.93. The molecule has 0 bridgehead atoms. The van der Waals surface area contributed by atoms with Gasteiger partial charge in [0.2, 0.25) is 0 Å². The third kappa shape index (κ3) is 5.51. The number of nitrogens with zero attached hydrogens (tertiary/aromatic N) is 1. The smallest absolute Gasteiger partial charge is 0.191 e. The average Bonchev–Trinajstić information content (AvgIpc) is 3.00. The molecule has 0 saturated carbocycles. The molecule has 0 aromatic heterocycles. The van der Waals surface area contributed by atoms with Gasteiger partial charge in [-0.25, -0.2) is 4.99 Å². The molecule has 3 N–H and O–H groups in total. The molecule has 1 heterocycles. The molecule has 1 aliphatic rings. The lowest BCUT2D eigenvalue weighted by molar-refractivity contribution is 0.318. The predicted octanol–water partition coefficient (Wildman–Crippen LogP) is 3.13. The maximum Gasteiger partial charge on any atom is 0.191 e. The number of aliphatic imine (C=N–C) groups is 1. The first kappa shape index (κ1) is 18.8. The van der Waals surface area contributed by atoms with E-state index in [4.69, 9.17) is 4.74 Å². The average molecular weight is 352 g/mol. The molecule has 0 radical (unpaired) electrons. The molecule has 1 unspecified atom stereocenters. The third-order valence-corrected chi connectivity index (χ3v) is 5.56. The van der Waals surface area contributed by atoms with E-state index in [0.717, 1.165) is 24.6 Å². The van der Waals surface area contributed by atoms with Crippen LogP contribution >= 0.6 is 11.8 Å². The summed E-state index contributed by atoms with van der Waals surface area (Å²) in [5.74, 6) is 2.76. The molecule has 1 saturated heterocycles. The van der Waals surface area contributed by atoms with E-state index in [2.05, 4.69) is 29.5 Å². The van der Waals surface area contributed by atoms with Crippen LogP contribution in [0, 0.1) is 0 Å². The summed E-state index contributed by atoms with van der Waals surface area (Å²) in [6, 6.07) is 5.38. The zero-order chi connectivity index (χ0) is 17.4. The Balaban J connectivity index is 1.98. The van der Waals surface area contributed by atoms with Crippen molar-refractivity contribution in [2.45, 2.75) is 44.9 Å². The normalized spacial score (nSPS) is 20.9. The number of nitrogens with one attached hydrogen (secondary N) is 2. The Kier molecular flexibility index (Phi) is 7.09. The number of benzene rings is 1. The third-order valence-electron chi connectivity index (χ3n) is 4.02. The molecule has 1 fully saturated rings. The second-order valence-corrected chi connectivity index (χ2v) is 7.87. The maximum atomic E-state index is 9.77. The monoisotopic (exact) mass is 351 g/mol. The van der Waals surface area contributed by atoms with Crippen molar-refractivity contribution in [3.63, 3.8) is 0 Å². The van der Waals surface area contributed by atoms with E-state index < -0.39 is 0 Å². The van der Waals surface area contributed by atoms with Crippen LogP contribution in [0.3, 0.4) is 0 Å². The molecule has 1 aliphatic heterocycles. The Labute approximate surface area is 149 Å².